The number of H-pyrrole nitrogens is 1. The summed E-state index contributed by atoms with van der Waals surface area (Å²) in [5.74, 6) is -0.251. The molecular weight excluding hydrogens is 276 g/mol. The van der Waals surface area contributed by atoms with Gasteiger partial charge < -0.3 is 10.3 Å². The summed E-state index contributed by atoms with van der Waals surface area (Å²) in [5.41, 5.74) is 1.79. The Hall–Kier alpha value is -2.88. The predicted molar refractivity (Wildman–Crippen MR) is 86.9 cm³/mol. The van der Waals surface area contributed by atoms with Crippen molar-refractivity contribution in [1.82, 2.24) is 10.3 Å². The molecule has 4 heteroatoms. The number of hydrogen-bond donors (Lipinski definition) is 2. The van der Waals surface area contributed by atoms with Crippen LogP contribution >= 0.6 is 0 Å². The van der Waals surface area contributed by atoms with Crippen LogP contribution in [-0.4, -0.2) is 10.9 Å². The van der Waals surface area contributed by atoms with Crippen LogP contribution in [0.5, 0.6) is 0 Å². The van der Waals surface area contributed by atoms with Crippen LogP contribution in [0.15, 0.2) is 65.5 Å². The average molecular weight is 292 g/mol. The molecule has 1 amide bonds. The van der Waals surface area contributed by atoms with Crippen LogP contribution in [0.3, 0.4) is 0 Å². The molecule has 0 aliphatic rings. The fraction of sp³-hybridized carbons (Fsp3) is 0.111. The fourth-order valence-electron chi connectivity index (χ4n) is 2.49. The van der Waals surface area contributed by atoms with Gasteiger partial charge in [-0.05, 0) is 18.6 Å². The number of aromatic amines is 1. The first-order chi connectivity index (χ1) is 10.6. The monoisotopic (exact) mass is 292 g/mol. The van der Waals surface area contributed by atoms with Crippen molar-refractivity contribution in [3.63, 3.8) is 0 Å². The van der Waals surface area contributed by atoms with Gasteiger partial charge in [0.25, 0.3) is 5.91 Å². The second kappa shape index (κ2) is 5.85. The summed E-state index contributed by atoms with van der Waals surface area (Å²) >= 11 is 0. The third-order valence-electron chi connectivity index (χ3n) is 3.64. The Morgan fingerprint density at radius 1 is 1.05 bits per heavy atom. The smallest absolute Gasteiger partial charge is 0.252 e. The number of hydrogen-bond acceptors (Lipinski definition) is 2. The zero-order valence-electron chi connectivity index (χ0n) is 12.2. The third-order valence-corrected chi connectivity index (χ3v) is 3.64. The number of carbonyl (C=O) groups excluding carboxylic acids is 1. The maximum absolute atomic E-state index is 12.5. The van der Waals surface area contributed by atoms with Crippen LogP contribution in [0.1, 0.15) is 28.9 Å². The molecule has 2 aromatic carbocycles. The van der Waals surface area contributed by atoms with E-state index in [9.17, 15) is 9.59 Å². The fourth-order valence-corrected chi connectivity index (χ4v) is 2.49. The number of pyridine rings is 1. The topological polar surface area (TPSA) is 62.0 Å². The van der Waals surface area contributed by atoms with E-state index in [1.807, 2.05) is 55.5 Å². The number of para-hydroxylation sites is 1. The lowest BCUT2D eigenvalue weighted by Crippen LogP contribution is -2.28. The molecule has 0 saturated heterocycles. The molecule has 0 unspecified atom stereocenters. The highest BCUT2D eigenvalue weighted by Gasteiger charge is 2.14. The number of carbonyl (C=O) groups is 1. The van der Waals surface area contributed by atoms with Crippen LogP contribution in [0.25, 0.3) is 10.9 Å². The summed E-state index contributed by atoms with van der Waals surface area (Å²) in [7, 11) is 0. The number of aromatic nitrogens is 1. The van der Waals surface area contributed by atoms with Gasteiger partial charge >= 0.3 is 0 Å². The van der Waals surface area contributed by atoms with E-state index in [0.717, 1.165) is 10.9 Å². The van der Waals surface area contributed by atoms with Gasteiger partial charge in [-0.15, -0.1) is 0 Å². The minimum Gasteiger partial charge on any atom is -0.345 e. The standard InChI is InChI=1S/C18H16N2O2/c1-12(13-7-3-2-4-8-13)19-18(22)15-11-17(21)20-16-10-6-5-9-14(15)16/h2-12H,1H3,(H,19,22)(H,20,21)/t12-/m0/s1. The molecule has 3 aromatic rings. The first-order valence-corrected chi connectivity index (χ1v) is 7.13. The molecule has 0 aliphatic heterocycles. The molecule has 0 spiro atoms. The minimum atomic E-state index is -0.281. The Kier molecular flexibility index (Phi) is 3.74. The summed E-state index contributed by atoms with van der Waals surface area (Å²) < 4.78 is 0. The summed E-state index contributed by atoms with van der Waals surface area (Å²) in [6, 6.07) is 18.2. The van der Waals surface area contributed by atoms with Gasteiger partial charge in [-0.25, -0.2) is 0 Å². The van der Waals surface area contributed by atoms with Gasteiger partial charge in [0.1, 0.15) is 0 Å². The van der Waals surface area contributed by atoms with Gasteiger partial charge in [0.05, 0.1) is 11.6 Å². The first kappa shape index (κ1) is 14.1. The third kappa shape index (κ3) is 2.76. The molecule has 0 aliphatic carbocycles. The van der Waals surface area contributed by atoms with E-state index in [0.29, 0.717) is 11.1 Å². The highest BCUT2D eigenvalue weighted by atomic mass is 16.2. The van der Waals surface area contributed by atoms with E-state index < -0.39 is 0 Å². The van der Waals surface area contributed by atoms with Crippen molar-refractivity contribution in [3.05, 3.63) is 82.1 Å². The second-order valence-corrected chi connectivity index (χ2v) is 5.20. The van der Waals surface area contributed by atoms with Crippen LogP contribution < -0.4 is 10.9 Å². The lowest BCUT2D eigenvalue weighted by molar-refractivity contribution is 0.0941. The molecule has 1 atom stereocenters. The van der Waals surface area contributed by atoms with Gasteiger partial charge in [0.15, 0.2) is 0 Å². The maximum Gasteiger partial charge on any atom is 0.252 e. The van der Waals surface area contributed by atoms with Gasteiger partial charge in [0.2, 0.25) is 5.56 Å². The van der Waals surface area contributed by atoms with Crippen molar-refractivity contribution in [2.45, 2.75) is 13.0 Å². The van der Waals surface area contributed by atoms with E-state index in [4.69, 9.17) is 0 Å². The van der Waals surface area contributed by atoms with Crippen molar-refractivity contribution in [1.29, 1.82) is 0 Å². The molecular formula is C18H16N2O2. The SMILES string of the molecule is C[C@H](NC(=O)c1cc(=O)[nH]c2ccccc12)c1ccccc1. The molecule has 4 nitrogen and oxygen atoms in total. The predicted octanol–water partition coefficient (Wildman–Crippen LogP) is 3.02. The summed E-state index contributed by atoms with van der Waals surface area (Å²) in [6.45, 7) is 1.92. The molecule has 22 heavy (non-hydrogen) atoms. The molecule has 0 radical (unpaired) electrons. The Balaban J connectivity index is 1.94. The van der Waals surface area contributed by atoms with Crippen molar-refractivity contribution in [3.8, 4) is 0 Å². The molecule has 0 bridgehead atoms. The lowest BCUT2D eigenvalue weighted by Gasteiger charge is -2.15. The molecule has 110 valence electrons. The van der Waals surface area contributed by atoms with Gasteiger partial charge in [-0.1, -0.05) is 48.5 Å². The van der Waals surface area contributed by atoms with Gasteiger partial charge in [-0.3, -0.25) is 9.59 Å². The summed E-state index contributed by atoms with van der Waals surface area (Å²) in [5, 5.41) is 3.68. The van der Waals surface area contributed by atoms with Crippen LogP contribution in [-0.2, 0) is 0 Å². The number of rotatable bonds is 3. The number of fused-ring (bicyclic) bond motifs is 1. The molecule has 2 N–H and O–H groups in total. The largest absolute Gasteiger partial charge is 0.345 e. The minimum absolute atomic E-state index is 0.133. The van der Waals surface area contributed by atoms with Crippen LogP contribution in [0.4, 0.5) is 0 Å². The quantitative estimate of drug-likeness (QED) is 0.779. The summed E-state index contributed by atoms with van der Waals surface area (Å²) in [4.78, 5) is 27.0. The van der Waals surface area contributed by atoms with E-state index >= 15 is 0 Å². The van der Waals surface area contributed by atoms with E-state index in [2.05, 4.69) is 10.3 Å². The highest BCUT2D eigenvalue weighted by Crippen LogP contribution is 2.17. The second-order valence-electron chi connectivity index (χ2n) is 5.20. The van der Waals surface area contributed by atoms with E-state index in [-0.39, 0.29) is 17.5 Å². The van der Waals surface area contributed by atoms with E-state index in [1.165, 1.54) is 6.07 Å². The Morgan fingerprint density at radius 2 is 1.73 bits per heavy atom. The van der Waals surface area contributed by atoms with Crippen LogP contribution in [0, 0.1) is 0 Å². The number of nitrogens with one attached hydrogen (secondary N) is 2. The molecule has 1 aromatic heterocycles. The number of amides is 1. The molecule has 0 saturated carbocycles. The van der Waals surface area contributed by atoms with E-state index in [1.54, 1.807) is 6.07 Å². The molecule has 3 rings (SSSR count). The summed E-state index contributed by atoms with van der Waals surface area (Å²) in [6.07, 6.45) is 0. The normalized spacial score (nSPS) is 12.0. The van der Waals surface area contributed by atoms with Crippen molar-refractivity contribution in [2.75, 3.05) is 0 Å². The number of benzene rings is 2. The maximum atomic E-state index is 12.5. The molecule has 1 heterocycles. The zero-order chi connectivity index (χ0) is 15.5. The van der Waals surface area contributed by atoms with Gasteiger partial charge in [0, 0.05) is 17.0 Å². The highest BCUT2D eigenvalue weighted by molar-refractivity contribution is 6.06. The van der Waals surface area contributed by atoms with Gasteiger partial charge in [-0.2, -0.15) is 0 Å². The average Bonchev–Trinajstić information content (AvgIpc) is 2.54. The molecule has 0 fully saturated rings. The van der Waals surface area contributed by atoms with Crippen molar-refractivity contribution < 1.29 is 4.79 Å². The van der Waals surface area contributed by atoms with Crippen molar-refractivity contribution >= 4 is 16.8 Å². The Morgan fingerprint density at radius 3 is 2.50 bits per heavy atom. The Labute approximate surface area is 127 Å². The lowest BCUT2D eigenvalue weighted by atomic mass is 10.1. The Bertz CT molecular complexity index is 869. The first-order valence-electron chi connectivity index (χ1n) is 7.13. The van der Waals surface area contributed by atoms with Crippen molar-refractivity contribution in [2.24, 2.45) is 0 Å². The zero-order valence-corrected chi connectivity index (χ0v) is 12.2. The van der Waals surface area contributed by atoms with Crippen LogP contribution in [0.2, 0.25) is 0 Å².